The second kappa shape index (κ2) is 10.6. The van der Waals surface area contributed by atoms with E-state index >= 15 is 0 Å². The summed E-state index contributed by atoms with van der Waals surface area (Å²) in [4.78, 5) is 26.9. The number of carbonyl (C=O) groups excluding carboxylic acids is 2. The van der Waals surface area contributed by atoms with E-state index in [1.807, 2.05) is 91.9 Å². The summed E-state index contributed by atoms with van der Waals surface area (Å²) in [5.74, 6) is -0.204. The van der Waals surface area contributed by atoms with Crippen LogP contribution in [-0.2, 0) is 17.9 Å². The van der Waals surface area contributed by atoms with Crippen LogP contribution in [0.25, 0.3) is 11.3 Å². The monoisotopic (exact) mass is 452 g/mol. The Hall–Kier alpha value is -4.19. The first-order valence-corrected chi connectivity index (χ1v) is 11.4. The van der Waals surface area contributed by atoms with E-state index in [0.717, 1.165) is 16.7 Å². The van der Waals surface area contributed by atoms with Crippen molar-refractivity contribution in [3.8, 4) is 11.3 Å². The average molecular weight is 453 g/mol. The molecule has 6 nitrogen and oxygen atoms in total. The smallest absolute Gasteiger partial charge is 0.259 e. The summed E-state index contributed by atoms with van der Waals surface area (Å²) in [5.41, 5.74) is 4.77. The Labute approximate surface area is 199 Å². The van der Waals surface area contributed by atoms with E-state index in [-0.39, 0.29) is 11.8 Å². The Balaban J connectivity index is 1.60. The molecule has 0 unspecified atom stereocenters. The highest BCUT2D eigenvalue weighted by Crippen LogP contribution is 2.24. The van der Waals surface area contributed by atoms with Gasteiger partial charge in [-0.15, -0.1) is 0 Å². The summed E-state index contributed by atoms with van der Waals surface area (Å²) in [6, 6.07) is 27.3. The summed E-state index contributed by atoms with van der Waals surface area (Å²) in [6.45, 7) is 5.21. The lowest BCUT2D eigenvalue weighted by Gasteiger charge is -2.19. The lowest BCUT2D eigenvalue weighted by atomic mass is 10.1. The highest BCUT2D eigenvalue weighted by Gasteiger charge is 2.19. The van der Waals surface area contributed by atoms with Crippen LogP contribution in [0.1, 0.15) is 35.3 Å². The van der Waals surface area contributed by atoms with Crippen LogP contribution in [-0.4, -0.2) is 33.0 Å². The number of nitrogens with zero attached hydrogens (tertiary/aromatic N) is 3. The van der Waals surface area contributed by atoms with Gasteiger partial charge in [-0.3, -0.25) is 14.3 Å². The number of hydrogen-bond acceptors (Lipinski definition) is 3. The summed E-state index contributed by atoms with van der Waals surface area (Å²) < 4.78 is 1.80. The van der Waals surface area contributed by atoms with Crippen LogP contribution in [0.15, 0.2) is 91.1 Å². The van der Waals surface area contributed by atoms with Crippen molar-refractivity contribution in [1.29, 1.82) is 0 Å². The summed E-state index contributed by atoms with van der Waals surface area (Å²) in [6.07, 6.45) is 1.79. The molecule has 0 saturated carbocycles. The van der Waals surface area contributed by atoms with Crippen molar-refractivity contribution in [3.05, 3.63) is 108 Å². The van der Waals surface area contributed by atoms with Crippen molar-refractivity contribution in [3.63, 3.8) is 0 Å². The Kier molecular flexibility index (Phi) is 7.18. The SMILES string of the molecule is CCN(Cc1cccc(NC(=O)c2cn(Cc3ccccc3)nc2-c2ccccc2)c1)C(C)=O. The van der Waals surface area contributed by atoms with Gasteiger partial charge in [0.1, 0.15) is 5.69 Å². The van der Waals surface area contributed by atoms with Gasteiger partial charge < -0.3 is 10.2 Å². The van der Waals surface area contributed by atoms with Gasteiger partial charge in [0.15, 0.2) is 0 Å². The number of rotatable bonds is 8. The minimum Gasteiger partial charge on any atom is -0.339 e. The van der Waals surface area contributed by atoms with E-state index in [4.69, 9.17) is 5.10 Å². The van der Waals surface area contributed by atoms with E-state index < -0.39 is 0 Å². The molecule has 0 spiro atoms. The molecule has 2 amide bonds. The summed E-state index contributed by atoms with van der Waals surface area (Å²) >= 11 is 0. The Morgan fingerprint density at radius 1 is 0.912 bits per heavy atom. The zero-order valence-electron chi connectivity index (χ0n) is 19.4. The number of hydrogen-bond donors (Lipinski definition) is 1. The lowest BCUT2D eigenvalue weighted by Crippen LogP contribution is -2.27. The Bertz CT molecular complexity index is 1270. The van der Waals surface area contributed by atoms with Crippen LogP contribution < -0.4 is 5.32 Å². The maximum absolute atomic E-state index is 13.3. The molecule has 0 aliphatic carbocycles. The number of nitrogens with one attached hydrogen (secondary N) is 1. The maximum atomic E-state index is 13.3. The summed E-state index contributed by atoms with van der Waals surface area (Å²) in [5, 5.41) is 7.75. The molecule has 1 heterocycles. The molecule has 4 rings (SSSR count). The topological polar surface area (TPSA) is 67.2 Å². The molecule has 0 fully saturated rings. The van der Waals surface area contributed by atoms with Gasteiger partial charge in [-0.1, -0.05) is 72.8 Å². The average Bonchev–Trinajstić information content (AvgIpc) is 3.28. The molecule has 0 radical (unpaired) electrons. The fourth-order valence-corrected chi connectivity index (χ4v) is 3.86. The Morgan fingerprint density at radius 2 is 1.59 bits per heavy atom. The minimum atomic E-state index is -0.228. The summed E-state index contributed by atoms with van der Waals surface area (Å²) in [7, 11) is 0. The quantitative estimate of drug-likeness (QED) is 0.399. The van der Waals surface area contributed by atoms with Crippen LogP contribution in [0.2, 0.25) is 0 Å². The van der Waals surface area contributed by atoms with Gasteiger partial charge in [0.2, 0.25) is 5.91 Å². The fraction of sp³-hybridized carbons (Fsp3) is 0.179. The molecular formula is C28H28N4O2. The van der Waals surface area contributed by atoms with E-state index in [1.165, 1.54) is 0 Å². The van der Waals surface area contributed by atoms with Gasteiger partial charge >= 0.3 is 0 Å². The molecule has 4 aromatic rings. The Morgan fingerprint density at radius 3 is 2.26 bits per heavy atom. The van der Waals surface area contributed by atoms with Crippen molar-refractivity contribution >= 4 is 17.5 Å². The van der Waals surface area contributed by atoms with Crippen molar-refractivity contribution < 1.29 is 9.59 Å². The zero-order chi connectivity index (χ0) is 23.9. The molecule has 0 atom stereocenters. The van der Waals surface area contributed by atoms with Gasteiger partial charge in [0.25, 0.3) is 5.91 Å². The highest BCUT2D eigenvalue weighted by molar-refractivity contribution is 6.08. The van der Waals surface area contributed by atoms with Crippen molar-refractivity contribution in [2.24, 2.45) is 0 Å². The van der Waals surface area contributed by atoms with Crippen LogP contribution in [0.3, 0.4) is 0 Å². The second-order valence-corrected chi connectivity index (χ2v) is 8.13. The standard InChI is InChI=1S/C28H28N4O2/c1-3-31(21(2)33)18-23-13-10-16-25(17-23)29-28(34)26-20-32(19-22-11-6-4-7-12-22)30-27(26)24-14-8-5-9-15-24/h4-17,20H,3,18-19H2,1-2H3,(H,29,34). The predicted octanol–water partition coefficient (Wildman–Crippen LogP) is 5.22. The van der Waals surface area contributed by atoms with Crippen molar-refractivity contribution in [2.45, 2.75) is 26.9 Å². The van der Waals surface area contributed by atoms with Crippen molar-refractivity contribution in [1.82, 2.24) is 14.7 Å². The zero-order valence-corrected chi connectivity index (χ0v) is 19.4. The number of amides is 2. The number of benzene rings is 3. The molecule has 6 heteroatoms. The first kappa shape index (κ1) is 23.0. The molecule has 0 bridgehead atoms. The van der Waals surface area contributed by atoms with Gasteiger partial charge in [-0.2, -0.15) is 5.10 Å². The largest absolute Gasteiger partial charge is 0.339 e. The van der Waals surface area contributed by atoms with E-state index in [1.54, 1.807) is 22.7 Å². The van der Waals surface area contributed by atoms with Gasteiger partial charge in [-0.25, -0.2) is 0 Å². The lowest BCUT2D eigenvalue weighted by molar-refractivity contribution is -0.129. The molecule has 1 aromatic heterocycles. The second-order valence-electron chi connectivity index (χ2n) is 8.13. The molecule has 0 aliphatic heterocycles. The number of carbonyl (C=O) groups is 2. The van der Waals surface area contributed by atoms with Crippen LogP contribution in [0.4, 0.5) is 5.69 Å². The van der Waals surface area contributed by atoms with Gasteiger partial charge in [-0.05, 0) is 30.2 Å². The molecule has 0 saturated heterocycles. The van der Waals surface area contributed by atoms with Gasteiger partial charge in [0, 0.05) is 37.5 Å². The molecule has 0 aliphatic rings. The minimum absolute atomic E-state index is 0.0234. The third kappa shape index (κ3) is 5.59. The first-order valence-electron chi connectivity index (χ1n) is 11.4. The van der Waals surface area contributed by atoms with Crippen LogP contribution in [0, 0.1) is 0 Å². The van der Waals surface area contributed by atoms with E-state index in [0.29, 0.717) is 36.6 Å². The molecule has 3 aromatic carbocycles. The molecule has 1 N–H and O–H groups in total. The predicted molar refractivity (Wildman–Crippen MR) is 134 cm³/mol. The first-order chi connectivity index (χ1) is 16.5. The van der Waals surface area contributed by atoms with E-state index in [9.17, 15) is 9.59 Å². The van der Waals surface area contributed by atoms with E-state index in [2.05, 4.69) is 5.32 Å². The normalized spacial score (nSPS) is 10.6. The van der Waals surface area contributed by atoms with Crippen molar-refractivity contribution in [2.75, 3.05) is 11.9 Å². The number of anilines is 1. The molecular weight excluding hydrogens is 424 g/mol. The highest BCUT2D eigenvalue weighted by atomic mass is 16.2. The molecule has 34 heavy (non-hydrogen) atoms. The van der Waals surface area contributed by atoms with Gasteiger partial charge in [0.05, 0.1) is 12.1 Å². The van der Waals surface area contributed by atoms with Crippen LogP contribution >= 0.6 is 0 Å². The molecule has 172 valence electrons. The third-order valence-electron chi connectivity index (χ3n) is 5.63. The van der Waals surface area contributed by atoms with Crippen LogP contribution in [0.5, 0.6) is 0 Å². The maximum Gasteiger partial charge on any atom is 0.259 e. The third-order valence-corrected chi connectivity index (χ3v) is 5.63. The number of aromatic nitrogens is 2. The fourth-order valence-electron chi connectivity index (χ4n) is 3.86.